The molecule has 0 spiro atoms. The number of hydrogen-bond acceptors (Lipinski definition) is 2. The first kappa shape index (κ1) is 66.2. The Balaban J connectivity index is 0.000000161. The average molecular weight is 1380 g/mol. The molecule has 0 bridgehead atoms. The number of allylic oxidation sites excluding steroid dienone is 2. The summed E-state index contributed by atoms with van der Waals surface area (Å²) in [6, 6.07) is 151. The minimum absolute atomic E-state index is 0.0423. The lowest BCUT2D eigenvalue weighted by Crippen LogP contribution is -2.31. The molecule has 0 heterocycles. The summed E-state index contributed by atoms with van der Waals surface area (Å²) >= 11 is 3.81. The SMILES string of the molecule is BrC(=C(c1ccccc1)c1ccccc1)c1ccccc1.O=C(c1ccccc1)c1ccc(C(=O)c2ccccc2)cc1.c1ccc(C2=C(c3ccccc3)[C@](c3ccccc3)(c3ccc([C@]4(c5ccccc5)C(c5ccccc5)=C(c5ccccc5)c5ccccc54)cc3)c3ccccc32)cc1. The first-order valence-electron chi connectivity index (χ1n) is 34.9. The van der Waals surface area contributed by atoms with Gasteiger partial charge in [0.15, 0.2) is 11.6 Å². The summed E-state index contributed by atoms with van der Waals surface area (Å²) in [5.74, 6) is -0.0846. The molecule has 0 saturated carbocycles. The van der Waals surface area contributed by atoms with E-state index >= 15 is 0 Å². The van der Waals surface area contributed by atoms with Gasteiger partial charge >= 0.3 is 0 Å². The number of rotatable bonds is 15. The average Bonchev–Trinajstić information content (AvgIpc) is 1.54. The largest absolute Gasteiger partial charge is 0.289 e. The minimum Gasteiger partial charge on any atom is -0.289 e. The van der Waals surface area contributed by atoms with Crippen LogP contribution in [0.4, 0.5) is 0 Å². The summed E-state index contributed by atoms with van der Waals surface area (Å²) in [5.41, 5.74) is 26.1. The van der Waals surface area contributed by atoms with E-state index in [1.807, 2.05) is 54.6 Å². The molecule has 0 amide bonds. The Bertz CT molecular complexity index is 5170. The van der Waals surface area contributed by atoms with Gasteiger partial charge in [0.2, 0.25) is 0 Å². The zero-order chi connectivity index (χ0) is 69.8. The maximum absolute atomic E-state index is 12.3. The second-order valence-corrected chi connectivity index (χ2v) is 26.4. The van der Waals surface area contributed by atoms with Crippen LogP contribution in [-0.4, -0.2) is 11.6 Å². The molecule has 0 N–H and O–H groups in total. The van der Waals surface area contributed by atoms with E-state index < -0.39 is 10.8 Å². The van der Waals surface area contributed by atoms with Crippen LogP contribution >= 0.6 is 15.9 Å². The van der Waals surface area contributed by atoms with Gasteiger partial charge in [0, 0.05) is 32.3 Å². The molecule has 0 aromatic heterocycles. The van der Waals surface area contributed by atoms with Crippen LogP contribution in [0.3, 0.4) is 0 Å². The van der Waals surface area contributed by atoms with Crippen molar-refractivity contribution in [3.63, 3.8) is 0 Å². The normalized spacial score (nSPS) is 14.7. The number of carbonyl (C=O) groups is 2. The molecule has 15 aromatic carbocycles. The van der Waals surface area contributed by atoms with E-state index in [-0.39, 0.29) is 11.6 Å². The van der Waals surface area contributed by atoms with Crippen molar-refractivity contribution in [3.8, 4) is 0 Å². The van der Waals surface area contributed by atoms with Gasteiger partial charge in [-0.15, -0.1) is 0 Å². The number of halogens is 1. The standard InChI is InChI=1S/C60H42.C20H15Br.C20H14O2/c1-7-23-43(24-8-1)55-51-35-19-21-37-53(51)59(47-31-15-5-16-32-47,57(55)45-27-11-3-12-28-45)49-39-41-50(42-40-49)60(48-33-17-6-18-34-48)54-38-22-20-36-52(54)56(44-25-9-2-10-26-44)58(60)46-29-13-4-14-30-46;21-20(18-14-8-3-9-15-18)19(16-10-4-1-5-11-16)17-12-6-2-7-13-17;21-19(15-7-3-1-4-8-15)17-11-13-18(14-12-17)20(22)16-9-5-2-6-10-16/h1-42H;1-15H;1-14H/t59-,60+;;. The van der Waals surface area contributed by atoms with Crippen molar-refractivity contribution >= 4 is 59.8 Å². The molecule has 3 heteroatoms. The molecule has 490 valence electrons. The smallest absolute Gasteiger partial charge is 0.193 e. The summed E-state index contributed by atoms with van der Waals surface area (Å²) in [7, 11) is 0. The second-order valence-electron chi connectivity index (χ2n) is 25.6. The highest BCUT2D eigenvalue weighted by Crippen LogP contribution is 2.62. The Morgan fingerprint density at radius 1 is 0.204 bits per heavy atom. The number of ketones is 2. The van der Waals surface area contributed by atoms with Gasteiger partial charge in [-0.1, -0.05) is 431 Å². The van der Waals surface area contributed by atoms with Crippen LogP contribution in [0.1, 0.15) is 115 Å². The fraction of sp³-hybridized carbons (Fsp3) is 0.0200. The summed E-state index contributed by atoms with van der Waals surface area (Å²) in [6.07, 6.45) is 0. The summed E-state index contributed by atoms with van der Waals surface area (Å²) in [4.78, 5) is 24.6. The zero-order valence-corrected chi connectivity index (χ0v) is 58.3. The van der Waals surface area contributed by atoms with Crippen LogP contribution in [0, 0.1) is 0 Å². The molecule has 0 unspecified atom stereocenters. The van der Waals surface area contributed by atoms with Gasteiger partial charge in [0.25, 0.3) is 0 Å². The van der Waals surface area contributed by atoms with E-state index in [1.165, 1.54) is 111 Å². The second kappa shape index (κ2) is 30.4. The molecular weight excluding hydrogens is 1310 g/mol. The highest BCUT2D eigenvalue weighted by molar-refractivity contribution is 9.15. The molecule has 2 aliphatic rings. The zero-order valence-electron chi connectivity index (χ0n) is 56.7. The summed E-state index contributed by atoms with van der Waals surface area (Å²) in [5, 5.41) is 0. The quantitative estimate of drug-likeness (QED) is 0.0757. The molecule has 15 aromatic rings. The molecule has 0 saturated heterocycles. The van der Waals surface area contributed by atoms with Crippen molar-refractivity contribution < 1.29 is 9.59 Å². The third-order valence-corrected chi connectivity index (χ3v) is 20.6. The van der Waals surface area contributed by atoms with Gasteiger partial charge in [-0.25, -0.2) is 0 Å². The fourth-order valence-corrected chi connectivity index (χ4v) is 16.0. The number of benzene rings is 15. The predicted molar refractivity (Wildman–Crippen MR) is 430 cm³/mol. The van der Waals surface area contributed by atoms with Gasteiger partial charge in [-0.2, -0.15) is 0 Å². The highest BCUT2D eigenvalue weighted by atomic mass is 79.9. The Morgan fingerprint density at radius 2 is 0.427 bits per heavy atom. The van der Waals surface area contributed by atoms with Gasteiger partial charge in [0.1, 0.15) is 0 Å². The topological polar surface area (TPSA) is 34.1 Å². The van der Waals surface area contributed by atoms with Crippen molar-refractivity contribution in [2.75, 3.05) is 0 Å². The lowest BCUT2D eigenvalue weighted by atomic mass is 9.63. The van der Waals surface area contributed by atoms with Crippen LogP contribution in [0.5, 0.6) is 0 Å². The van der Waals surface area contributed by atoms with Gasteiger partial charge in [-0.3, -0.25) is 9.59 Å². The fourth-order valence-electron chi connectivity index (χ4n) is 15.2. The van der Waals surface area contributed by atoms with Crippen LogP contribution in [0.15, 0.2) is 431 Å². The Labute approximate surface area is 612 Å². The van der Waals surface area contributed by atoms with E-state index in [4.69, 9.17) is 0 Å². The first-order chi connectivity index (χ1) is 50.9. The first-order valence-corrected chi connectivity index (χ1v) is 35.7. The van der Waals surface area contributed by atoms with Gasteiger partial charge < -0.3 is 0 Å². The third-order valence-electron chi connectivity index (χ3n) is 19.7. The maximum Gasteiger partial charge on any atom is 0.193 e. The molecule has 0 aliphatic heterocycles. The van der Waals surface area contributed by atoms with Gasteiger partial charge in [0.05, 0.1) is 10.8 Å². The molecule has 0 radical (unpaired) electrons. The molecule has 103 heavy (non-hydrogen) atoms. The van der Waals surface area contributed by atoms with E-state index in [2.05, 4.69) is 344 Å². The van der Waals surface area contributed by atoms with Crippen molar-refractivity contribution in [2.45, 2.75) is 10.8 Å². The van der Waals surface area contributed by atoms with Crippen molar-refractivity contribution in [2.24, 2.45) is 0 Å². The lowest BCUT2D eigenvalue weighted by Gasteiger charge is -2.38. The van der Waals surface area contributed by atoms with Crippen LogP contribution < -0.4 is 0 Å². The molecule has 17 rings (SSSR count). The van der Waals surface area contributed by atoms with E-state index in [9.17, 15) is 9.59 Å². The summed E-state index contributed by atoms with van der Waals surface area (Å²) < 4.78 is 1.11. The molecular formula is C100H71BrO2. The monoisotopic (exact) mass is 1380 g/mol. The number of fused-ring (bicyclic) bond motifs is 2. The predicted octanol–water partition coefficient (Wildman–Crippen LogP) is 24.4. The maximum atomic E-state index is 12.3. The third kappa shape index (κ3) is 13.0. The minimum atomic E-state index is -0.607. The van der Waals surface area contributed by atoms with Crippen molar-refractivity contribution in [1.82, 2.24) is 0 Å². The van der Waals surface area contributed by atoms with Gasteiger partial charge in [-0.05, 0) is 122 Å². The Hall–Kier alpha value is -12.7. The van der Waals surface area contributed by atoms with Crippen molar-refractivity contribution in [3.05, 3.63) is 536 Å². The van der Waals surface area contributed by atoms with E-state index in [0.29, 0.717) is 22.3 Å². The molecule has 2 atom stereocenters. The number of carbonyl (C=O) groups excluding carboxylic acids is 2. The van der Waals surface area contributed by atoms with E-state index in [0.717, 1.165) is 4.48 Å². The highest BCUT2D eigenvalue weighted by Gasteiger charge is 2.51. The van der Waals surface area contributed by atoms with Crippen LogP contribution in [0.2, 0.25) is 0 Å². The summed E-state index contributed by atoms with van der Waals surface area (Å²) in [6.45, 7) is 0. The van der Waals surface area contributed by atoms with Crippen molar-refractivity contribution in [1.29, 1.82) is 0 Å². The molecule has 2 aliphatic carbocycles. The van der Waals surface area contributed by atoms with E-state index in [1.54, 1.807) is 48.5 Å². The van der Waals surface area contributed by atoms with Crippen LogP contribution in [0.25, 0.3) is 32.3 Å². The molecule has 0 fully saturated rings. The Kier molecular flexibility index (Phi) is 19.6. The molecule has 2 nitrogen and oxygen atoms in total. The Morgan fingerprint density at radius 3 is 0.738 bits per heavy atom. The number of hydrogen-bond donors (Lipinski definition) is 0. The van der Waals surface area contributed by atoms with Crippen LogP contribution in [-0.2, 0) is 10.8 Å². The lowest BCUT2D eigenvalue weighted by molar-refractivity contribution is 0.102.